The van der Waals surface area contributed by atoms with Gasteiger partial charge in [0.2, 0.25) is 0 Å². The molecule has 2 aromatic heterocycles. The summed E-state index contributed by atoms with van der Waals surface area (Å²) in [5.74, 6) is 1.97. The first-order valence-corrected chi connectivity index (χ1v) is 9.17. The predicted molar refractivity (Wildman–Crippen MR) is 91.0 cm³/mol. The zero-order chi connectivity index (χ0) is 17.6. The van der Waals surface area contributed by atoms with Gasteiger partial charge in [-0.3, -0.25) is 9.78 Å². The second-order valence-corrected chi connectivity index (χ2v) is 7.49. The minimum Gasteiger partial charge on any atom is -0.486 e. The van der Waals surface area contributed by atoms with Gasteiger partial charge < -0.3 is 18.9 Å². The van der Waals surface area contributed by atoms with Crippen LogP contribution in [0, 0.1) is 0 Å². The maximum absolute atomic E-state index is 12.7. The first-order valence-electron chi connectivity index (χ1n) is 9.17. The lowest BCUT2D eigenvalue weighted by molar-refractivity contribution is 0.00985. The van der Waals surface area contributed by atoms with Crippen LogP contribution in [0.2, 0.25) is 0 Å². The van der Waals surface area contributed by atoms with E-state index >= 15 is 0 Å². The molecule has 136 valence electrons. The van der Waals surface area contributed by atoms with E-state index in [4.69, 9.17) is 14.0 Å². The van der Waals surface area contributed by atoms with Gasteiger partial charge in [-0.15, -0.1) is 0 Å². The second kappa shape index (κ2) is 6.09. The molecule has 0 aromatic carbocycles. The molecule has 0 bridgehead atoms. The average molecular weight is 355 g/mol. The molecule has 1 amide bonds. The number of hydrogen-bond donors (Lipinski definition) is 0. The van der Waals surface area contributed by atoms with E-state index < -0.39 is 0 Å². The molecule has 2 aromatic rings. The van der Waals surface area contributed by atoms with Crippen molar-refractivity contribution >= 4 is 5.91 Å². The molecule has 2 atom stereocenters. The van der Waals surface area contributed by atoms with Crippen LogP contribution in [-0.2, 0) is 4.74 Å². The molecule has 2 saturated heterocycles. The summed E-state index contributed by atoms with van der Waals surface area (Å²) < 4.78 is 17.3. The Morgan fingerprint density at radius 1 is 1.38 bits per heavy atom. The monoisotopic (exact) mass is 355 g/mol. The SMILES string of the molecule is O=C(c1cc(C2CC2)on1)N1CC[C@]2(C[C@@H](Oc3cccnc3)CO2)C1. The third kappa shape index (κ3) is 2.96. The molecule has 0 N–H and O–H groups in total. The molecule has 0 radical (unpaired) electrons. The molecule has 7 nitrogen and oxygen atoms in total. The van der Waals surface area contributed by atoms with Gasteiger partial charge in [-0.05, 0) is 31.4 Å². The molecule has 0 unspecified atom stereocenters. The number of ether oxygens (including phenoxy) is 2. The fourth-order valence-electron chi connectivity index (χ4n) is 3.90. The van der Waals surface area contributed by atoms with Gasteiger partial charge in [0.15, 0.2) is 5.69 Å². The molecule has 1 spiro atoms. The third-order valence-corrected chi connectivity index (χ3v) is 5.44. The number of amides is 1. The van der Waals surface area contributed by atoms with Gasteiger partial charge >= 0.3 is 0 Å². The van der Waals surface area contributed by atoms with Crippen molar-refractivity contribution in [1.82, 2.24) is 15.0 Å². The van der Waals surface area contributed by atoms with Crippen molar-refractivity contribution in [2.45, 2.75) is 43.3 Å². The van der Waals surface area contributed by atoms with Crippen molar-refractivity contribution < 1.29 is 18.8 Å². The Morgan fingerprint density at radius 2 is 2.31 bits per heavy atom. The van der Waals surface area contributed by atoms with Crippen LogP contribution >= 0.6 is 0 Å². The van der Waals surface area contributed by atoms with Gasteiger partial charge in [0.1, 0.15) is 17.6 Å². The summed E-state index contributed by atoms with van der Waals surface area (Å²) in [5, 5.41) is 3.97. The lowest BCUT2D eigenvalue weighted by Gasteiger charge is -2.22. The molecule has 1 aliphatic carbocycles. The fourth-order valence-corrected chi connectivity index (χ4v) is 3.90. The van der Waals surface area contributed by atoms with Crippen LogP contribution in [-0.4, -0.2) is 52.3 Å². The molecule has 4 heterocycles. The number of nitrogens with zero attached hydrogens (tertiary/aromatic N) is 3. The predicted octanol–water partition coefficient (Wildman–Crippen LogP) is 2.40. The van der Waals surface area contributed by atoms with E-state index in [1.165, 1.54) is 0 Å². The largest absolute Gasteiger partial charge is 0.486 e. The summed E-state index contributed by atoms with van der Waals surface area (Å²) in [6.07, 6.45) is 7.26. The normalized spacial score (nSPS) is 28.0. The number of carbonyl (C=O) groups excluding carboxylic acids is 1. The number of hydrogen-bond acceptors (Lipinski definition) is 6. The minimum absolute atomic E-state index is 0.0113. The van der Waals surface area contributed by atoms with Gasteiger partial charge in [0.05, 0.1) is 24.9 Å². The minimum atomic E-state index is -0.314. The van der Waals surface area contributed by atoms with Crippen LogP contribution in [0.25, 0.3) is 0 Å². The van der Waals surface area contributed by atoms with E-state index in [0.29, 0.717) is 31.3 Å². The zero-order valence-corrected chi connectivity index (χ0v) is 14.5. The first-order chi connectivity index (χ1) is 12.7. The number of aromatic nitrogens is 2. The third-order valence-electron chi connectivity index (χ3n) is 5.44. The second-order valence-electron chi connectivity index (χ2n) is 7.49. The maximum atomic E-state index is 12.7. The van der Waals surface area contributed by atoms with E-state index in [1.807, 2.05) is 17.0 Å². The average Bonchev–Trinajstić information content (AvgIpc) is 3.08. The highest BCUT2D eigenvalue weighted by atomic mass is 16.6. The lowest BCUT2D eigenvalue weighted by atomic mass is 9.98. The highest BCUT2D eigenvalue weighted by Gasteiger charge is 2.48. The summed E-state index contributed by atoms with van der Waals surface area (Å²) in [6, 6.07) is 5.55. The van der Waals surface area contributed by atoms with Crippen LogP contribution in [0.3, 0.4) is 0 Å². The number of carbonyl (C=O) groups is 1. The summed E-state index contributed by atoms with van der Waals surface area (Å²) in [7, 11) is 0. The molecule has 7 heteroatoms. The lowest BCUT2D eigenvalue weighted by Crippen LogP contribution is -2.36. The van der Waals surface area contributed by atoms with Crippen molar-refractivity contribution in [1.29, 1.82) is 0 Å². The van der Waals surface area contributed by atoms with Gasteiger partial charge in [-0.25, -0.2) is 0 Å². The maximum Gasteiger partial charge on any atom is 0.276 e. The Kier molecular flexibility index (Phi) is 3.70. The van der Waals surface area contributed by atoms with E-state index in [1.54, 1.807) is 18.5 Å². The standard InChI is InChI=1S/C19H21N3O4/c23-18(16-8-17(26-21-16)13-3-4-13)22-7-5-19(12-22)9-15(11-24-19)25-14-2-1-6-20-10-14/h1-2,6,8,10,13,15H,3-5,7,9,11-12H2/t15-,19+/m1/s1. The Labute approximate surface area is 151 Å². The van der Waals surface area contributed by atoms with Gasteiger partial charge in [0, 0.05) is 31.1 Å². The first kappa shape index (κ1) is 15.8. The molecule has 26 heavy (non-hydrogen) atoms. The van der Waals surface area contributed by atoms with Gasteiger partial charge in [-0.2, -0.15) is 0 Å². The Hall–Kier alpha value is -2.41. The molecular formula is C19H21N3O4. The number of likely N-dealkylation sites (tertiary alicyclic amines) is 1. The van der Waals surface area contributed by atoms with E-state index in [9.17, 15) is 4.79 Å². The molecule has 3 fully saturated rings. The zero-order valence-electron chi connectivity index (χ0n) is 14.5. The quantitative estimate of drug-likeness (QED) is 0.838. The molecule has 3 aliphatic rings. The molecular weight excluding hydrogens is 334 g/mol. The van der Waals surface area contributed by atoms with E-state index in [0.717, 1.165) is 37.2 Å². The molecule has 2 aliphatic heterocycles. The van der Waals surface area contributed by atoms with Gasteiger partial charge in [-0.1, -0.05) is 5.16 Å². The van der Waals surface area contributed by atoms with Crippen molar-refractivity contribution in [2.75, 3.05) is 19.7 Å². The summed E-state index contributed by atoms with van der Waals surface area (Å²) in [4.78, 5) is 18.6. The van der Waals surface area contributed by atoms with Crippen LogP contribution in [0.5, 0.6) is 5.75 Å². The van der Waals surface area contributed by atoms with Crippen molar-refractivity contribution in [2.24, 2.45) is 0 Å². The fraction of sp³-hybridized carbons (Fsp3) is 0.526. The Morgan fingerprint density at radius 3 is 3.12 bits per heavy atom. The van der Waals surface area contributed by atoms with Crippen LogP contribution < -0.4 is 4.74 Å². The van der Waals surface area contributed by atoms with Crippen LogP contribution in [0.15, 0.2) is 35.1 Å². The van der Waals surface area contributed by atoms with E-state index in [-0.39, 0.29) is 17.6 Å². The van der Waals surface area contributed by atoms with Gasteiger partial charge in [0.25, 0.3) is 5.91 Å². The van der Waals surface area contributed by atoms with Crippen LogP contribution in [0.1, 0.15) is 47.8 Å². The smallest absolute Gasteiger partial charge is 0.276 e. The summed E-state index contributed by atoms with van der Waals surface area (Å²) in [6.45, 7) is 1.78. The van der Waals surface area contributed by atoms with Crippen molar-refractivity contribution in [3.05, 3.63) is 42.0 Å². The van der Waals surface area contributed by atoms with Crippen LogP contribution in [0.4, 0.5) is 0 Å². The summed E-state index contributed by atoms with van der Waals surface area (Å²) >= 11 is 0. The van der Waals surface area contributed by atoms with E-state index in [2.05, 4.69) is 10.1 Å². The highest BCUT2D eigenvalue weighted by Crippen LogP contribution is 2.41. The Balaban J connectivity index is 1.21. The topological polar surface area (TPSA) is 77.7 Å². The number of rotatable bonds is 4. The summed E-state index contributed by atoms with van der Waals surface area (Å²) in [5.41, 5.74) is 0.0936. The molecule has 1 saturated carbocycles. The Bertz CT molecular complexity index is 804. The highest BCUT2D eigenvalue weighted by molar-refractivity contribution is 5.92. The van der Waals surface area contributed by atoms with Crippen molar-refractivity contribution in [3.8, 4) is 5.75 Å². The number of pyridine rings is 1. The molecule has 5 rings (SSSR count). The van der Waals surface area contributed by atoms with Crippen molar-refractivity contribution in [3.63, 3.8) is 0 Å².